The number of rotatable bonds is 8. The van der Waals surface area contributed by atoms with E-state index in [9.17, 15) is 14.4 Å². The number of anilines is 1. The van der Waals surface area contributed by atoms with Gasteiger partial charge in [0.25, 0.3) is 5.91 Å². The smallest absolute Gasteiger partial charge is 0.337 e. The SMILES string of the molecule is CCOc1ccccc1NC(=O)[C@H](C)OC(=O)/C=C/c1ccc(C(=O)OC)cc1. The van der Waals surface area contributed by atoms with Crippen LogP contribution in [0.3, 0.4) is 0 Å². The van der Waals surface area contributed by atoms with Crippen molar-refractivity contribution in [3.63, 3.8) is 0 Å². The number of nitrogens with one attached hydrogen (secondary N) is 1. The number of methoxy groups -OCH3 is 1. The number of carbonyl (C=O) groups excluding carboxylic acids is 3. The van der Waals surface area contributed by atoms with Gasteiger partial charge in [-0.2, -0.15) is 0 Å². The van der Waals surface area contributed by atoms with Crippen molar-refractivity contribution in [1.29, 1.82) is 0 Å². The molecule has 2 rings (SSSR count). The molecular formula is C22H23NO6. The summed E-state index contributed by atoms with van der Waals surface area (Å²) < 4.78 is 15.2. The minimum atomic E-state index is -0.997. The fourth-order valence-corrected chi connectivity index (χ4v) is 2.37. The molecule has 29 heavy (non-hydrogen) atoms. The first-order chi connectivity index (χ1) is 13.9. The molecule has 1 atom stereocenters. The van der Waals surface area contributed by atoms with Crippen molar-refractivity contribution in [3.05, 3.63) is 65.7 Å². The molecule has 0 fully saturated rings. The molecule has 1 amide bonds. The third-order valence-electron chi connectivity index (χ3n) is 3.85. The van der Waals surface area contributed by atoms with Gasteiger partial charge in [0.2, 0.25) is 0 Å². The van der Waals surface area contributed by atoms with Gasteiger partial charge in [0.15, 0.2) is 6.10 Å². The maximum atomic E-state index is 12.3. The van der Waals surface area contributed by atoms with Crippen LogP contribution in [0.1, 0.15) is 29.8 Å². The Morgan fingerprint density at radius 3 is 2.41 bits per heavy atom. The molecule has 0 aliphatic carbocycles. The number of esters is 2. The van der Waals surface area contributed by atoms with Gasteiger partial charge in [-0.05, 0) is 49.8 Å². The van der Waals surface area contributed by atoms with Crippen molar-refractivity contribution in [2.24, 2.45) is 0 Å². The van der Waals surface area contributed by atoms with E-state index in [-0.39, 0.29) is 0 Å². The molecule has 0 saturated heterocycles. The average Bonchev–Trinajstić information content (AvgIpc) is 2.73. The highest BCUT2D eigenvalue weighted by Crippen LogP contribution is 2.23. The quantitative estimate of drug-likeness (QED) is 0.542. The molecule has 1 N–H and O–H groups in total. The molecule has 2 aromatic carbocycles. The molecule has 0 unspecified atom stereocenters. The molecule has 0 aliphatic rings. The normalized spacial score (nSPS) is 11.6. The Hall–Kier alpha value is -3.61. The maximum absolute atomic E-state index is 12.3. The zero-order chi connectivity index (χ0) is 21.2. The third-order valence-corrected chi connectivity index (χ3v) is 3.85. The van der Waals surface area contributed by atoms with E-state index in [0.717, 1.165) is 0 Å². The van der Waals surface area contributed by atoms with Crippen LogP contribution in [0.5, 0.6) is 5.75 Å². The molecule has 0 radical (unpaired) electrons. The highest BCUT2D eigenvalue weighted by Gasteiger charge is 2.18. The van der Waals surface area contributed by atoms with Crippen molar-refractivity contribution >= 4 is 29.6 Å². The van der Waals surface area contributed by atoms with Crippen molar-refractivity contribution in [2.75, 3.05) is 19.0 Å². The molecule has 7 heteroatoms. The lowest BCUT2D eigenvalue weighted by Gasteiger charge is -2.15. The van der Waals surface area contributed by atoms with E-state index < -0.39 is 23.9 Å². The topological polar surface area (TPSA) is 90.9 Å². The first kappa shape index (κ1) is 21.7. The first-order valence-corrected chi connectivity index (χ1v) is 9.04. The van der Waals surface area contributed by atoms with Crippen molar-refractivity contribution in [3.8, 4) is 5.75 Å². The highest BCUT2D eigenvalue weighted by molar-refractivity contribution is 5.97. The summed E-state index contributed by atoms with van der Waals surface area (Å²) in [6, 6.07) is 13.5. The van der Waals surface area contributed by atoms with Gasteiger partial charge in [0.1, 0.15) is 5.75 Å². The van der Waals surface area contributed by atoms with E-state index in [2.05, 4.69) is 10.1 Å². The summed E-state index contributed by atoms with van der Waals surface area (Å²) in [6.07, 6.45) is 1.74. The number of para-hydroxylation sites is 2. The van der Waals surface area contributed by atoms with E-state index >= 15 is 0 Å². The van der Waals surface area contributed by atoms with E-state index in [0.29, 0.717) is 29.2 Å². The predicted octanol–water partition coefficient (Wildman–Crippen LogP) is 3.46. The van der Waals surface area contributed by atoms with Crippen molar-refractivity contribution in [2.45, 2.75) is 20.0 Å². The van der Waals surface area contributed by atoms with Crippen LogP contribution >= 0.6 is 0 Å². The number of hydrogen-bond acceptors (Lipinski definition) is 6. The third kappa shape index (κ3) is 6.49. The number of benzene rings is 2. The maximum Gasteiger partial charge on any atom is 0.337 e. The summed E-state index contributed by atoms with van der Waals surface area (Å²) in [5.41, 5.74) is 1.60. The molecule has 2 aromatic rings. The van der Waals surface area contributed by atoms with Crippen LogP contribution in [-0.2, 0) is 19.1 Å². The first-order valence-electron chi connectivity index (χ1n) is 9.04. The molecule has 7 nitrogen and oxygen atoms in total. The highest BCUT2D eigenvalue weighted by atomic mass is 16.5. The Labute approximate surface area is 169 Å². The number of amides is 1. The van der Waals surface area contributed by atoms with Crippen molar-refractivity contribution < 1.29 is 28.6 Å². The Balaban J connectivity index is 1.92. The van der Waals surface area contributed by atoms with Crippen LogP contribution in [0.2, 0.25) is 0 Å². The molecule has 0 heterocycles. The monoisotopic (exact) mass is 397 g/mol. The molecule has 0 bridgehead atoms. The standard InChI is InChI=1S/C22H23NO6/c1-4-28-19-8-6-5-7-18(19)23-21(25)15(2)29-20(24)14-11-16-9-12-17(13-10-16)22(26)27-3/h5-15H,4H2,1-3H3,(H,23,25)/b14-11+/t15-/m0/s1. The zero-order valence-electron chi connectivity index (χ0n) is 16.5. The summed E-state index contributed by atoms with van der Waals surface area (Å²) in [5, 5.41) is 2.69. The Kier molecular flexibility index (Phi) is 7.97. The molecular weight excluding hydrogens is 374 g/mol. The Morgan fingerprint density at radius 1 is 1.07 bits per heavy atom. The number of hydrogen-bond donors (Lipinski definition) is 1. The van der Waals surface area contributed by atoms with Crippen LogP contribution in [0.15, 0.2) is 54.6 Å². The largest absolute Gasteiger partial charge is 0.492 e. The Morgan fingerprint density at radius 2 is 1.76 bits per heavy atom. The lowest BCUT2D eigenvalue weighted by Crippen LogP contribution is -2.29. The molecule has 0 saturated carbocycles. The molecule has 0 aromatic heterocycles. The minimum Gasteiger partial charge on any atom is -0.492 e. The summed E-state index contributed by atoms with van der Waals surface area (Å²) in [6.45, 7) is 3.79. The number of carbonyl (C=O) groups is 3. The lowest BCUT2D eigenvalue weighted by atomic mass is 10.1. The van der Waals surface area contributed by atoms with Gasteiger partial charge in [0, 0.05) is 6.08 Å². The molecule has 0 aliphatic heterocycles. The second kappa shape index (κ2) is 10.7. The number of ether oxygens (including phenoxy) is 3. The van der Waals surface area contributed by atoms with Gasteiger partial charge in [-0.25, -0.2) is 9.59 Å². The van der Waals surface area contributed by atoms with Gasteiger partial charge >= 0.3 is 11.9 Å². The van der Waals surface area contributed by atoms with E-state index in [4.69, 9.17) is 9.47 Å². The van der Waals surface area contributed by atoms with Crippen LogP contribution in [0.4, 0.5) is 5.69 Å². The zero-order valence-corrected chi connectivity index (χ0v) is 16.5. The van der Waals surface area contributed by atoms with E-state index in [1.165, 1.54) is 26.2 Å². The van der Waals surface area contributed by atoms with Gasteiger partial charge in [-0.1, -0.05) is 24.3 Å². The van der Waals surface area contributed by atoms with Gasteiger partial charge in [0.05, 0.1) is 25.0 Å². The second-order valence-corrected chi connectivity index (χ2v) is 5.94. The Bertz CT molecular complexity index is 888. The predicted molar refractivity (Wildman–Crippen MR) is 109 cm³/mol. The summed E-state index contributed by atoms with van der Waals surface area (Å²) in [7, 11) is 1.30. The summed E-state index contributed by atoms with van der Waals surface area (Å²) >= 11 is 0. The van der Waals surface area contributed by atoms with E-state index in [1.807, 2.05) is 6.92 Å². The van der Waals surface area contributed by atoms with Gasteiger partial charge in [-0.3, -0.25) is 4.79 Å². The minimum absolute atomic E-state index is 0.407. The van der Waals surface area contributed by atoms with Crippen molar-refractivity contribution in [1.82, 2.24) is 0 Å². The fourth-order valence-electron chi connectivity index (χ4n) is 2.37. The average molecular weight is 397 g/mol. The van der Waals surface area contributed by atoms with Gasteiger partial charge < -0.3 is 19.5 Å². The van der Waals surface area contributed by atoms with Gasteiger partial charge in [-0.15, -0.1) is 0 Å². The molecule has 0 spiro atoms. The van der Waals surface area contributed by atoms with E-state index in [1.54, 1.807) is 48.5 Å². The van der Waals surface area contributed by atoms with Crippen LogP contribution in [0, 0.1) is 0 Å². The lowest BCUT2D eigenvalue weighted by molar-refractivity contribution is -0.148. The fraction of sp³-hybridized carbons (Fsp3) is 0.227. The molecule has 152 valence electrons. The summed E-state index contributed by atoms with van der Waals surface area (Å²) in [4.78, 5) is 35.7. The van der Waals surface area contributed by atoms with Crippen LogP contribution in [0.25, 0.3) is 6.08 Å². The second-order valence-electron chi connectivity index (χ2n) is 5.94. The summed E-state index contributed by atoms with van der Waals surface area (Å²) in [5.74, 6) is -1.04. The van der Waals surface area contributed by atoms with Crippen LogP contribution in [-0.4, -0.2) is 37.7 Å². The van der Waals surface area contributed by atoms with Crippen LogP contribution < -0.4 is 10.1 Å².